The molecule has 3 unspecified atom stereocenters. The van der Waals surface area contributed by atoms with Crippen molar-refractivity contribution in [2.24, 2.45) is 0 Å². The third-order valence-electron chi connectivity index (χ3n) is 8.29. The fourth-order valence-electron chi connectivity index (χ4n) is 5.18. The standard InChI is InChI=1S/C44H68O10/c1-3-5-7-9-11-13-15-17-18-19-21-22-24-26-28-30-32-39(46)51-35-37(36-52-44-43(50)42(49)41(48)38(34-45)54-44)53-40(47)33-31-29-27-25-23-20-16-14-12-10-8-6-4-2/h5-8,10-14,16-18,21-22,26,28,37-38,41-45,48-50H,3-4,9,15,19-20,23-25,27,29-36H2,1-2H3/b7-5+,8-6+,12-10+,13-11+,16-14+,18-17+,22-21+,28-26+/t37?,38-,41+,42?,43?,44-/m0/s1. The SMILES string of the molecule is CC/C=C/C=C/C=C/CCCCCCCC(=O)OC(COC(=O)CC/C=C/C/C=C/C/C=C/C/C=C/C/C=C/CC)CO[C@H]1O[C@@H](CO)[C@@H](O)C(O)C1O. The predicted octanol–water partition coefficient (Wildman–Crippen LogP) is 7.60. The van der Waals surface area contributed by atoms with E-state index in [4.69, 9.17) is 18.9 Å². The molecule has 1 aliphatic heterocycles. The summed E-state index contributed by atoms with van der Waals surface area (Å²) in [6.07, 6.45) is 37.2. The van der Waals surface area contributed by atoms with Gasteiger partial charge >= 0.3 is 11.9 Å². The highest BCUT2D eigenvalue weighted by atomic mass is 16.7. The zero-order valence-electron chi connectivity index (χ0n) is 32.7. The Bertz CT molecular complexity index is 1200. The summed E-state index contributed by atoms with van der Waals surface area (Å²) in [4.78, 5) is 25.2. The molecule has 1 fully saturated rings. The molecule has 0 aromatic rings. The lowest BCUT2D eigenvalue weighted by Crippen LogP contribution is -2.59. The van der Waals surface area contributed by atoms with Gasteiger partial charge in [0.05, 0.1) is 13.2 Å². The Morgan fingerprint density at radius 2 is 1.17 bits per heavy atom. The number of hydrogen-bond acceptors (Lipinski definition) is 10. The maximum Gasteiger partial charge on any atom is 0.306 e. The van der Waals surface area contributed by atoms with E-state index in [9.17, 15) is 30.0 Å². The molecule has 0 aromatic heterocycles. The fraction of sp³-hybridized carbons (Fsp3) is 0.591. The number of carbonyl (C=O) groups excluding carboxylic acids is 2. The first-order valence-electron chi connectivity index (χ1n) is 19.8. The summed E-state index contributed by atoms with van der Waals surface area (Å²) in [5.74, 6) is -0.942. The minimum absolute atomic E-state index is 0.141. The summed E-state index contributed by atoms with van der Waals surface area (Å²) < 4.78 is 22.0. The molecule has 54 heavy (non-hydrogen) atoms. The van der Waals surface area contributed by atoms with Gasteiger partial charge in [-0.2, -0.15) is 0 Å². The van der Waals surface area contributed by atoms with Gasteiger partial charge in [-0.15, -0.1) is 0 Å². The van der Waals surface area contributed by atoms with Gasteiger partial charge in [-0.05, 0) is 64.2 Å². The summed E-state index contributed by atoms with van der Waals surface area (Å²) in [6, 6.07) is 0. The molecule has 10 nitrogen and oxygen atoms in total. The Hall–Kier alpha value is -3.38. The number of rotatable bonds is 30. The van der Waals surface area contributed by atoms with Crippen molar-refractivity contribution in [3.05, 3.63) is 97.2 Å². The van der Waals surface area contributed by atoms with Gasteiger partial charge in [0.1, 0.15) is 31.0 Å². The molecule has 0 aliphatic carbocycles. The number of unbranched alkanes of at least 4 members (excludes halogenated alkanes) is 5. The van der Waals surface area contributed by atoms with E-state index in [0.29, 0.717) is 12.8 Å². The van der Waals surface area contributed by atoms with Gasteiger partial charge in [0.25, 0.3) is 0 Å². The van der Waals surface area contributed by atoms with E-state index in [1.165, 1.54) is 0 Å². The van der Waals surface area contributed by atoms with Gasteiger partial charge in [0.2, 0.25) is 0 Å². The molecule has 1 saturated heterocycles. The van der Waals surface area contributed by atoms with Crippen LogP contribution in [0.4, 0.5) is 0 Å². The summed E-state index contributed by atoms with van der Waals surface area (Å²) >= 11 is 0. The van der Waals surface area contributed by atoms with E-state index in [1.807, 2.05) is 30.4 Å². The Morgan fingerprint density at radius 3 is 1.80 bits per heavy atom. The van der Waals surface area contributed by atoms with Crippen molar-refractivity contribution in [3.63, 3.8) is 0 Å². The van der Waals surface area contributed by atoms with Crippen molar-refractivity contribution >= 4 is 11.9 Å². The third kappa shape index (κ3) is 25.6. The molecule has 0 amide bonds. The molecule has 1 rings (SSSR count). The first-order valence-corrected chi connectivity index (χ1v) is 19.8. The van der Waals surface area contributed by atoms with Crippen molar-refractivity contribution in [2.75, 3.05) is 19.8 Å². The van der Waals surface area contributed by atoms with Crippen LogP contribution in [0.3, 0.4) is 0 Å². The number of aliphatic hydroxyl groups excluding tert-OH is 4. The summed E-state index contributed by atoms with van der Waals surface area (Å²) in [6.45, 7) is 3.03. The molecule has 6 atom stereocenters. The normalized spacial score (nSPS) is 21.8. The van der Waals surface area contributed by atoms with Crippen LogP contribution < -0.4 is 0 Å². The number of allylic oxidation sites excluding steroid dienone is 16. The zero-order valence-corrected chi connectivity index (χ0v) is 32.7. The summed E-state index contributed by atoms with van der Waals surface area (Å²) in [5, 5.41) is 39.9. The zero-order chi connectivity index (χ0) is 39.5. The van der Waals surface area contributed by atoms with Crippen LogP contribution in [0, 0.1) is 0 Å². The van der Waals surface area contributed by atoms with Gasteiger partial charge < -0.3 is 39.4 Å². The second-order valence-corrected chi connectivity index (χ2v) is 13.0. The van der Waals surface area contributed by atoms with E-state index < -0.39 is 55.4 Å². The molecule has 0 spiro atoms. The van der Waals surface area contributed by atoms with Crippen LogP contribution >= 0.6 is 0 Å². The van der Waals surface area contributed by atoms with Gasteiger partial charge in [-0.25, -0.2) is 0 Å². The van der Waals surface area contributed by atoms with Crippen LogP contribution in [0.15, 0.2) is 97.2 Å². The van der Waals surface area contributed by atoms with Gasteiger partial charge in [-0.3, -0.25) is 9.59 Å². The summed E-state index contributed by atoms with van der Waals surface area (Å²) in [5.41, 5.74) is 0. The second kappa shape index (κ2) is 34.1. The molecule has 0 saturated carbocycles. The van der Waals surface area contributed by atoms with E-state index in [-0.39, 0.29) is 26.1 Å². The first kappa shape index (κ1) is 48.6. The molecule has 1 aliphatic rings. The first-order chi connectivity index (χ1) is 26.3. The monoisotopic (exact) mass is 756 g/mol. The lowest BCUT2D eigenvalue weighted by Gasteiger charge is -2.39. The molecule has 1 heterocycles. The lowest BCUT2D eigenvalue weighted by molar-refractivity contribution is -0.305. The Kier molecular flexibility index (Phi) is 30.7. The van der Waals surface area contributed by atoms with Crippen LogP contribution in [0.5, 0.6) is 0 Å². The number of hydrogen-bond donors (Lipinski definition) is 4. The van der Waals surface area contributed by atoms with E-state index >= 15 is 0 Å². The number of esters is 2. The summed E-state index contributed by atoms with van der Waals surface area (Å²) in [7, 11) is 0. The van der Waals surface area contributed by atoms with Crippen LogP contribution in [-0.2, 0) is 28.5 Å². The number of carbonyl (C=O) groups is 2. The smallest absolute Gasteiger partial charge is 0.306 e. The molecule has 10 heteroatoms. The van der Waals surface area contributed by atoms with E-state index in [0.717, 1.165) is 70.6 Å². The predicted molar refractivity (Wildman–Crippen MR) is 214 cm³/mol. The second-order valence-electron chi connectivity index (χ2n) is 13.0. The molecule has 304 valence electrons. The third-order valence-corrected chi connectivity index (χ3v) is 8.29. The molecule has 0 aromatic carbocycles. The maximum atomic E-state index is 12.7. The molecule has 0 bridgehead atoms. The largest absolute Gasteiger partial charge is 0.462 e. The Labute approximate surface area is 324 Å². The molecule has 0 radical (unpaired) electrons. The van der Waals surface area contributed by atoms with Crippen molar-refractivity contribution < 1.29 is 49.0 Å². The molecular formula is C44H68O10. The molecule has 4 N–H and O–H groups in total. The molecular weight excluding hydrogens is 688 g/mol. The van der Waals surface area contributed by atoms with Gasteiger partial charge in [0, 0.05) is 12.8 Å². The minimum Gasteiger partial charge on any atom is -0.462 e. The highest BCUT2D eigenvalue weighted by Crippen LogP contribution is 2.22. The maximum absolute atomic E-state index is 12.7. The van der Waals surface area contributed by atoms with E-state index in [2.05, 4.69) is 80.7 Å². The minimum atomic E-state index is -1.61. The Balaban J connectivity index is 2.46. The number of aliphatic hydroxyl groups is 4. The van der Waals surface area contributed by atoms with Crippen molar-refractivity contribution in [2.45, 2.75) is 147 Å². The van der Waals surface area contributed by atoms with Crippen LogP contribution in [-0.4, -0.2) is 89.0 Å². The fourth-order valence-corrected chi connectivity index (χ4v) is 5.18. The quantitative estimate of drug-likeness (QED) is 0.0250. The average Bonchev–Trinajstić information content (AvgIpc) is 3.17. The van der Waals surface area contributed by atoms with Crippen LogP contribution in [0.25, 0.3) is 0 Å². The highest BCUT2D eigenvalue weighted by Gasteiger charge is 2.44. The number of ether oxygens (including phenoxy) is 4. The van der Waals surface area contributed by atoms with Crippen molar-refractivity contribution in [1.29, 1.82) is 0 Å². The van der Waals surface area contributed by atoms with E-state index in [1.54, 1.807) is 0 Å². The Morgan fingerprint density at radius 1 is 0.593 bits per heavy atom. The topological polar surface area (TPSA) is 152 Å². The van der Waals surface area contributed by atoms with Crippen molar-refractivity contribution in [1.82, 2.24) is 0 Å². The van der Waals surface area contributed by atoms with Gasteiger partial charge in [0.15, 0.2) is 12.4 Å². The highest BCUT2D eigenvalue weighted by molar-refractivity contribution is 5.70. The van der Waals surface area contributed by atoms with Crippen molar-refractivity contribution in [3.8, 4) is 0 Å². The van der Waals surface area contributed by atoms with Crippen LogP contribution in [0.1, 0.15) is 110 Å². The lowest BCUT2D eigenvalue weighted by atomic mass is 9.99. The van der Waals surface area contributed by atoms with Crippen LogP contribution in [0.2, 0.25) is 0 Å². The average molecular weight is 757 g/mol. The van der Waals surface area contributed by atoms with Gasteiger partial charge in [-0.1, -0.05) is 130 Å².